The van der Waals surface area contributed by atoms with E-state index in [9.17, 15) is 9.59 Å². The van der Waals surface area contributed by atoms with Gasteiger partial charge >= 0.3 is 5.97 Å². The van der Waals surface area contributed by atoms with Crippen molar-refractivity contribution in [2.24, 2.45) is 0 Å². The number of halogens is 1. The zero-order chi connectivity index (χ0) is 21.3. The first-order chi connectivity index (χ1) is 14.5. The molecule has 152 valence electrons. The molecule has 0 aliphatic carbocycles. The van der Waals surface area contributed by atoms with Crippen molar-refractivity contribution in [3.05, 3.63) is 87.8 Å². The van der Waals surface area contributed by atoms with Crippen LogP contribution in [-0.4, -0.2) is 33.1 Å². The monoisotopic (exact) mass is 421 g/mol. The minimum absolute atomic E-state index is 0.169. The van der Waals surface area contributed by atoms with E-state index in [2.05, 4.69) is 10.2 Å². The molecule has 1 N–H and O–H groups in total. The van der Waals surface area contributed by atoms with Crippen LogP contribution in [0.1, 0.15) is 37.8 Å². The summed E-state index contributed by atoms with van der Waals surface area (Å²) in [5.41, 5.74) is 4.14. The number of aryl methyl sites for hydroxylation is 1. The van der Waals surface area contributed by atoms with Crippen LogP contribution in [0.25, 0.3) is 10.9 Å². The second kappa shape index (κ2) is 8.16. The normalized spacial score (nSPS) is 11.0. The van der Waals surface area contributed by atoms with Gasteiger partial charge in [0.05, 0.1) is 5.52 Å². The summed E-state index contributed by atoms with van der Waals surface area (Å²) < 4.78 is 7.28. The fourth-order valence-corrected chi connectivity index (χ4v) is 3.72. The van der Waals surface area contributed by atoms with E-state index in [1.165, 1.54) is 0 Å². The molecule has 30 heavy (non-hydrogen) atoms. The van der Waals surface area contributed by atoms with Crippen LogP contribution in [0.3, 0.4) is 0 Å². The van der Waals surface area contributed by atoms with Crippen LogP contribution in [0.5, 0.6) is 0 Å². The molecule has 0 aliphatic rings. The van der Waals surface area contributed by atoms with E-state index >= 15 is 0 Å². The van der Waals surface area contributed by atoms with Gasteiger partial charge in [0.2, 0.25) is 5.78 Å². The average molecular weight is 422 g/mol. The Morgan fingerprint density at radius 2 is 1.83 bits per heavy atom. The molecular weight excluding hydrogens is 402 g/mol. The van der Waals surface area contributed by atoms with Gasteiger partial charge < -0.3 is 9.30 Å². The van der Waals surface area contributed by atoms with Gasteiger partial charge in [0.1, 0.15) is 0 Å². The highest BCUT2D eigenvalue weighted by Crippen LogP contribution is 2.22. The molecule has 7 heteroatoms. The number of aromatic nitrogens is 3. The van der Waals surface area contributed by atoms with Crippen molar-refractivity contribution in [2.75, 3.05) is 6.61 Å². The third kappa shape index (κ3) is 3.74. The molecule has 0 amide bonds. The number of carbonyl (C=O) groups is 2. The first-order valence-corrected chi connectivity index (χ1v) is 9.87. The Labute approximate surface area is 178 Å². The molecule has 0 saturated carbocycles. The van der Waals surface area contributed by atoms with Crippen LogP contribution in [0.15, 0.2) is 54.6 Å². The lowest BCUT2D eigenvalue weighted by Gasteiger charge is -2.11. The number of para-hydroxylation sites is 1. The summed E-state index contributed by atoms with van der Waals surface area (Å²) in [6.45, 7) is 4.02. The number of benzene rings is 2. The maximum Gasteiger partial charge on any atom is 0.359 e. The fourth-order valence-electron chi connectivity index (χ4n) is 3.52. The molecule has 0 unspecified atom stereocenters. The molecule has 0 aliphatic heterocycles. The number of nitrogens with one attached hydrogen (secondary N) is 1. The second-order valence-electron chi connectivity index (χ2n) is 7.08. The van der Waals surface area contributed by atoms with Crippen molar-refractivity contribution in [1.82, 2.24) is 14.8 Å². The Morgan fingerprint density at radius 1 is 1.10 bits per heavy atom. The Kier molecular flexibility index (Phi) is 5.42. The molecule has 2 heterocycles. The Hall–Kier alpha value is -3.38. The van der Waals surface area contributed by atoms with Gasteiger partial charge in [-0.15, -0.1) is 0 Å². The zero-order valence-electron chi connectivity index (χ0n) is 16.6. The summed E-state index contributed by atoms with van der Waals surface area (Å²) in [7, 11) is 0. The van der Waals surface area contributed by atoms with Gasteiger partial charge in [-0.2, -0.15) is 5.10 Å². The Morgan fingerprint density at radius 3 is 2.63 bits per heavy atom. The first kappa shape index (κ1) is 19.9. The fraction of sp³-hybridized carbons (Fsp3) is 0.174. The number of carbonyl (C=O) groups excluding carboxylic acids is 2. The molecule has 0 radical (unpaired) electrons. The van der Waals surface area contributed by atoms with Gasteiger partial charge in [0, 0.05) is 33.9 Å². The summed E-state index contributed by atoms with van der Waals surface area (Å²) in [6.07, 6.45) is 0. The van der Waals surface area contributed by atoms with Crippen LogP contribution < -0.4 is 0 Å². The van der Waals surface area contributed by atoms with Crippen LogP contribution in [0, 0.1) is 13.8 Å². The smallest absolute Gasteiger partial charge is 0.359 e. The van der Waals surface area contributed by atoms with Crippen molar-refractivity contribution < 1.29 is 14.3 Å². The number of ketones is 1. The summed E-state index contributed by atoms with van der Waals surface area (Å²) in [5, 5.41) is 8.13. The van der Waals surface area contributed by atoms with E-state index in [-0.39, 0.29) is 18.1 Å². The number of ether oxygens (including phenoxy) is 1. The second-order valence-corrected chi connectivity index (χ2v) is 7.49. The molecule has 2 aromatic carbocycles. The first-order valence-electron chi connectivity index (χ1n) is 9.49. The van der Waals surface area contributed by atoms with E-state index in [0.29, 0.717) is 22.5 Å². The van der Waals surface area contributed by atoms with Gasteiger partial charge in [-0.3, -0.25) is 9.89 Å². The van der Waals surface area contributed by atoms with E-state index in [1.54, 1.807) is 6.07 Å². The molecule has 4 aromatic rings. The topological polar surface area (TPSA) is 77.0 Å². The average Bonchev–Trinajstić information content (AvgIpc) is 3.30. The van der Waals surface area contributed by atoms with Crippen LogP contribution in [0.2, 0.25) is 5.02 Å². The molecule has 0 saturated heterocycles. The molecule has 0 spiro atoms. The van der Waals surface area contributed by atoms with Crippen LogP contribution >= 0.6 is 11.6 Å². The minimum atomic E-state index is -0.634. The van der Waals surface area contributed by atoms with Crippen molar-refractivity contribution in [3.63, 3.8) is 0 Å². The summed E-state index contributed by atoms with van der Waals surface area (Å²) in [4.78, 5) is 25.2. The minimum Gasteiger partial charge on any atom is -0.452 e. The predicted octanol–water partition coefficient (Wildman–Crippen LogP) is 4.72. The number of Topliss-reactive ketones (excluding diaryl/α,β-unsaturated/α-hetero) is 1. The highest BCUT2D eigenvalue weighted by atomic mass is 35.5. The van der Waals surface area contributed by atoms with E-state index in [0.717, 1.165) is 22.5 Å². The largest absolute Gasteiger partial charge is 0.452 e. The highest BCUT2D eigenvalue weighted by Gasteiger charge is 2.20. The number of hydrogen-bond acceptors (Lipinski definition) is 4. The number of H-pyrrole nitrogens is 1. The SMILES string of the molecule is Cc1cc(C(=O)COC(=O)c2n[nH]c3ccccc23)c(C)n1Cc1ccccc1Cl. The summed E-state index contributed by atoms with van der Waals surface area (Å²) >= 11 is 6.28. The maximum absolute atomic E-state index is 12.7. The van der Waals surface area contributed by atoms with E-state index < -0.39 is 5.97 Å². The zero-order valence-corrected chi connectivity index (χ0v) is 17.4. The van der Waals surface area contributed by atoms with Crippen LogP contribution in [-0.2, 0) is 11.3 Å². The lowest BCUT2D eigenvalue weighted by molar-refractivity contribution is 0.0470. The van der Waals surface area contributed by atoms with E-state index in [1.807, 2.05) is 66.9 Å². The molecule has 0 fully saturated rings. The summed E-state index contributed by atoms with van der Waals surface area (Å²) in [5.74, 6) is -0.896. The van der Waals surface area contributed by atoms with E-state index in [4.69, 9.17) is 16.3 Å². The predicted molar refractivity (Wildman–Crippen MR) is 115 cm³/mol. The number of rotatable bonds is 6. The molecule has 2 aromatic heterocycles. The highest BCUT2D eigenvalue weighted by molar-refractivity contribution is 6.31. The van der Waals surface area contributed by atoms with Crippen LogP contribution in [0.4, 0.5) is 0 Å². The van der Waals surface area contributed by atoms with Gasteiger partial charge in [0.25, 0.3) is 0 Å². The Balaban J connectivity index is 1.49. The van der Waals surface area contributed by atoms with Crippen molar-refractivity contribution in [2.45, 2.75) is 20.4 Å². The third-order valence-electron chi connectivity index (χ3n) is 5.16. The molecule has 4 rings (SSSR count). The molecule has 0 bridgehead atoms. The van der Waals surface area contributed by atoms with Gasteiger partial charge in [-0.1, -0.05) is 48.0 Å². The Bertz CT molecular complexity index is 1260. The molecule has 6 nitrogen and oxygen atoms in total. The van der Waals surface area contributed by atoms with Crippen molar-refractivity contribution >= 4 is 34.3 Å². The molecular formula is C23H20ClN3O3. The van der Waals surface area contributed by atoms with Gasteiger partial charge in [-0.05, 0) is 37.6 Å². The lowest BCUT2D eigenvalue weighted by Crippen LogP contribution is -2.15. The van der Waals surface area contributed by atoms with Crippen molar-refractivity contribution in [3.8, 4) is 0 Å². The quantitative estimate of drug-likeness (QED) is 0.361. The standard InChI is InChI=1S/C23H20ClN3O3/c1-14-11-18(15(2)27(14)12-16-7-3-5-9-19(16)24)21(28)13-30-23(29)22-17-8-4-6-10-20(17)25-26-22/h3-11H,12-13H2,1-2H3,(H,25,26). The summed E-state index contributed by atoms with van der Waals surface area (Å²) in [6, 6.07) is 16.7. The molecule has 0 atom stereocenters. The maximum atomic E-state index is 12.7. The number of esters is 1. The lowest BCUT2D eigenvalue weighted by atomic mass is 10.1. The third-order valence-corrected chi connectivity index (χ3v) is 5.53. The van der Waals surface area contributed by atoms with Crippen molar-refractivity contribution in [1.29, 1.82) is 0 Å². The van der Waals surface area contributed by atoms with Gasteiger partial charge in [-0.25, -0.2) is 4.79 Å². The number of nitrogens with zero attached hydrogens (tertiary/aromatic N) is 2. The number of fused-ring (bicyclic) bond motifs is 1. The number of hydrogen-bond donors (Lipinski definition) is 1. The number of aromatic amines is 1. The van der Waals surface area contributed by atoms with Gasteiger partial charge in [0.15, 0.2) is 12.3 Å².